The third-order valence-electron chi connectivity index (χ3n) is 4.74. The van der Waals surface area contributed by atoms with E-state index in [-0.39, 0.29) is 45.7 Å². The second-order valence-electron chi connectivity index (χ2n) is 7.17. The summed E-state index contributed by atoms with van der Waals surface area (Å²) >= 11 is 6.25. The molecule has 0 atom stereocenters. The molecule has 0 aliphatic heterocycles. The zero-order valence-corrected chi connectivity index (χ0v) is 18.5. The van der Waals surface area contributed by atoms with Gasteiger partial charge in [0.05, 0.1) is 12.1 Å². The Bertz CT molecular complexity index is 1390. The summed E-state index contributed by atoms with van der Waals surface area (Å²) in [6.07, 6.45) is -0.333. The van der Waals surface area contributed by atoms with Gasteiger partial charge in [0, 0.05) is 24.1 Å². The lowest BCUT2D eigenvalue weighted by Crippen LogP contribution is -2.24. The molecular weight excluding hydrogens is 491 g/mol. The van der Waals surface area contributed by atoms with Gasteiger partial charge >= 0.3 is 6.18 Å². The summed E-state index contributed by atoms with van der Waals surface area (Å²) in [5, 5.41) is 8.53. The molecule has 10 nitrogen and oxygen atoms in total. The van der Waals surface area contributed by atoms with Crippen LogP contribution >= 0.6 is 11.6 Å². The lowest BCUT2D eigenvalue weighted by molar-refractivity contribution is -0.138. The van der Waals surface area contributed by atoms with E-state index in [2.05, 4.69) is 35.7 Å². The van der Waals surface area contributed by atoms with E-state index >= 15 is 0 Å². The molecule has 14 heteroatoms. The number of nitrogens with one attached hydrogen (secondary N) is 3. The first-order valence-electron chi connectivity index (χ1n) is 9.86. The van der Waals surface area contributed by atoms with E-state index in [0.717, 1.165) is 12.4 Å². The van der Waals surface area contributed by atoms with Crippen LogP contribution in [-0.4, -0.2) is 36.9 Å². The molecule has 4 aromatic rings. The molecule has 3 N–H and O–H groups in total. The predicted molar refractivity (Wildman–Crippen MR) is 116 cm³/mol. The van der Waals surface area contributed by atoms with Crippen molar-refractivity contribution in [2.45, 2.75) is 19.6 Å². The fourth-order valence-electron chi connectivity index (χ4n) is 3.04. The van der Waals surface area contributed by atoms with Gasteiger partial charge in [0.2, 0.25) is 5.76 Å². The van der Waals surface area contributed by atoms with Crippen LogP contribution in [0.3, 0.4) is 0 Å². The highest BCUT2D eigenvalue weighted by molar-refractivity contribution is 6.35. The van der Waals surface area contributed by atoms with E-state index in [9.17, 15) is 22.8 Å². The Morgan fingerprint density at radius 1 is 1.14 bits per heavy atom. The normalized spacial score (nSPS) is 11.3. The van der Waals surface area contributed by atoms with E-state index in [4.69, 9.17) is 16.1 Å². The number of hydrogen-bond donors (Lipinski definition) is 3. The fourth-order valence-corrected chi connectivity index (χ4v) is 3.32. The van der Waals surface area contributed by atoms with Crippen LogP contribution in [-0.2, 0) is 12.7 Å². The summed E-state index contributed by atoms with van der Waals surface area (Å²) in [7, 11) is 0. The molecule has 2 amide bonds. The molecule has 180 valence electrons. The molecule has 0 saturated heterocycles. The topological polar surface area (TPSA) is 139 Å². The number of imidazole rings is 1. The van der Waals surface area contributed by atoms with Crippen LogP contribution in [0.4, 0.5) is 18.9 Å². The number of benzene rings is 1. The number of aromatic nitrogens is 5. The number of nitrogens with zero attached hydrogens (tertiary/aromatic N) is 4. The number of aromatic amines is 1. The van der Waals surface area contributed by atoms with Gasteiger partial charge in [-0.25, -0.2) is 15.0 Å². The molecular formula is C21H15ClF3N7O3. The minimum atomic E-state index is -4.56. The Labute approximate surface area is 199 Å². The van der Waals surface area contributed by atoms with E-state index in [0.29, 0.717) is 5.82 Å². The van der Waals surface area contributed by atoms with Gasteiger partial charge < -0.3 is 20.1 Å². The predicted octanol–water partition coefficient (Wildman–Crippen LogP) is 4.02. The molecule has 35 heavy (non-hydrogen) atoms. The van der Waals surface area contributed by atoms with Crippen molar-refractivity contribution in [3.63, 3.8) is 0 Å². The Morgan fingerprint density at radius 2 is 1.94 bits per heavy atom. The Morgan fingerprint density at radius 3 is 2.66 bits per heavy atom. The molecule has 0 saturated carbocycles. The second-order valence-corrected chi connectivity index (χ2v) is 7.55. The van der Waals surface area contributed by atoms with Crippen LogP contribution in [0.25, 0.3) is 11.5 Å². The number of amides is 2. The van der Waals surface area contributed by atoms with Crippen LogP contribution in [0.15, 0.2) is 47.5 Å². The Hall–Kier alpha value is -4.26. The smallest absolute Gasteiger partial charge is 0.351 e. The average molecular weight is 506 g/mol. The van der Waals surface area contributed by atoms with Crippen molar-refractivity contribution < 1.29 is 27.3 Å². The minimum absolute atomic E-state index is 0.0171. The first-order valence-corrected chi connectivity index (χ1v) is 10.2. The highest BCUT2D eigenvalue weighted by Gasteiger charge is 2.32. The maximum atomic E-state index is 13.1. The summed E-state index contributed by atoms with van der Waals surface area (Å²) in [6, 6.07) is 4.65. The summed E-state index contributed by atoms with van der Waals surface area (Å²) in [5.74, 6) is -1.36. The van der Waals surface area contributed by atoms with E-state index in [1.54, 1.807) is 6.20 Å². The Kier molecular flexibility index (Phi) is 6.51. The molecule has 0 radical (unpaired) electrons. The number of hydrogen-bond acceptors (Lipinski definition) is 7. The number of alkyl halides is 3. The SMILES string of the molecule is Cc1ccc(NC(=O)c2cc(CNC(=O)c3ncnc(-c4ncc[nH]4)c3Cl)no2)cc1C(F)(F)F. The van der Waals surface area contributed by atoms with Crippen LogP contribution < -0.4 is 10.6 Å². The first kappa shape index (κ1) is 23.9. The number of carbonyl (C=O) groups is 2. The van der Waals surface area contributed by atoms with Gasteiger partial charge in [0.1, 0.15) is 22.7 Å². The molecule has 0 aliphatic rings. The quantitative estimate of drug-likeness (QED) is 0.359. The molecule has 3 heterocycles. The van der Waals surface area contributed by atoms with Crippen molar-refractivity contribution in [2.75, 3.05) is 5.32 Å². The Balaban J connectivity index is 1.41. The van der Waals surface area contributed by atoms with E-state index in [1.165, 1.54) is 31.3 Å². The van der Waals surface area contributed by atoms with Gasteiger partial charge in [-0.1, -0.05) is 22.8 Å². The zero-order chi connectivity index (χ0) is 25.2. The second kappa shape index (κ2) is 9.54. The van der Waals surface area contributed by atoms with Crippen LogP contribution in [0.5, 0.6) is 0 Å². The number of aryl methyl sites for hydroxylation is 1. The molecule has 3 aromatic heterocycles. The largest absolute Gasteiger partial charge is 0.416 e. The van der Waals surface area contributed by atoms with Crippen molar-refractivity contribution in [2.24, 2.45) is 0 Å². The maximum absolute atomic E-state index is 13.1. The monoisotopic (exact) mass is 505 g/mol. The van der Waals surface area contributed by atoms with Crippen LogP contribution in [0, 0.1) is 6.92 Å². The van der Waals surface area contributed by atoms with Gasteiger partial charge in [0.15, 0.2) is 11.5 Å². The summed E-state index contributed by atoms with van der Waals surface area (Å²) < 4.78 is 44.2. The van der Waals surface area contributed by atoms with Crippen LogP contribution in [0.1, 0.15) is 37.9 Å². The average Bonchev–Trinajstić information content (AvgIpc) is 3.51. The zero-order valence-electron chi connectivity index (χ0n) is 17.8. The fraction of sp³-hybridized carbons (Fsp3) is 0.143. The van der Waals surface area contributed by atoms with Crippen molar-refractivity contribution in [3.05, 3.63) is 76.3 Å². The highest BCUT2D eigenvalue weighted by atomic mass is 35.5. The summed E-state index contributed by atoms with van der Waals surface area (Å²) in [6.45, 7) is 1.17. The van der Waals surface area contributed by atoms with Gasteiger partial charge in [-0.3, -0.25) is 9.59 Å². The first-order chi connectivity index (χ1) is 16.6. The standard InChI is InChI=1S/C21H15ClF3N7O3/c1-10-2-3-11(6-13(10)21(23,24)25)31-19(33)14-7-12(32-35-14)8-28-20(34)17-15(22)16(29-9-30-17)18-26-4-5-27-18/h2-7,9H,8H2,1H3,(H,26,27)(H,28,34)(H,31,33). The molecule has 4 rings (SSSR count). The number of carbonyl (C=O) groups excluding carboxylic acids is 2. The lowest BCUT2D eigenvalue weighted by atomic mass is 10.1. The van der Waals surface area contributed by atoms with Crippen molar-refractivity contribution in [1.82, 2.24) is 30.4 Å². The van der Waals surface area contributed by atoms with Crippen molar-refractivity contribution in [1.29, 1.82) is 0 Å². The van der Waals surface area contributed by atoms with Gasteiger partial charge in [-0.2, -0.15) is 13.2 Å². The number of anilines is 1. The molecule has 0 aliphatic carbocycles. The number of halogens is 4. The molecule has 0 bridgehead atoms. The molecule has 0 unspecified atom stereocenters. The molecule has 1 aromatic carbocycles. The highest BCUT2D eigenvalue weighted by Crippen LogP contribution is 2.33. The third-order valence-corrected chi connectivity index (χ3v) is 5.10. The van der Waals surface area contributed by atoms with Crippen LogP contribution in [0.2, 0.25) is 5.02 Å². The van der Waals surface area contributed by atoms with Crippen molar-refractivity contribution in [3.8, 4) is 11.5 Å². The van der Waals surface area contributed by atoms with Gasteiger partial charge in [0.25, 0.3) is 11.8 Å². The summed E-state index contributed by atoms with van der Waals surface area (Å²) in [4.78, 5) is 39.7. The summed E-state index contributed by atoms with van der Waals surface area (Å²) in [5.41, 5.74) is -0.593. The molecule has 0 spiro atoms. The van der Waals surface area contributed by atoms with Crippen molar-refractivity contribution >= 4 is 29.1 Å². The number of H-pyrrole nitrogens is 1. The molecule has 0 fully saturated rings. The maximum Gasteiger partial charge on any atom is 0.416 e. The van der Waals surface area contributed by atoms with E-state index < -0.39 is 23.6 Å². The minimum Gasteiger partial charge on any atom is -0.351 e. The van der Waals surface area contributed by atoms with E-state index in [1.807, 2.05) is 0 Å². The van der Waals surface area contributed by atoms with Gasteiger partial charge in [-0.15, -0.1) is 0 Å². The van der Waals surface area contributed by atoms with Gasteiger partial charge in [-0.05, 0) is 24.6 Å². The number of rotatable bonds is 6. The lowest BCUT2D eigenvalue weighted by Gasteiger charge is -2.12. The third kappa shape index (κ3) is 5.30.